The van der Waals surface area contributed by atoms with E-state index in [1.54, 1.807) is 25.7 Å². The van der Waals surface area contributed by atoms with Crippen LogP contribution in [0.5, 0.6) is 0 Å². The van der Waals surface area contributed by atoms with Crippen molar-refractivity contribution in [3.05, 3.63) is 65.7 Å². The maximum atomic E-state index is 15.6. The number of nitrogens with zero attached hydrogens (tertiary/aromatic N) is 5. The predicted molar refractivity (Wildman–Crippen MR) is 144 cm³/mol. The number of hydrogen-bond donors (Lipinski definition) is 1. The summed E-state index contributed by atoms with van der Waals surface area (Å²) in [7, 11) is 0. The minimum atomic E-state index is -3.07. The lowest BCUT2D eigenvalue weighted by atomic mass is 10.0. The predicted octanol–water partition coefficient (Wildman–Crippen LogP) is 6.35. The van der Waals surface area contributed by atoms with E-state index in [0.29, 0.717) is 13.0 Å². The van der Waals surface area contributed by atoms with Crippen molar-refractivity contribution in [3.8, 4) is 11.4 Å². The van der Waals surface area contributed by atoms with E-state index in [0.717, 1.165) is 19.8 Å². The lowest BCUT2D eigenvalue weighted by molar-refractivity contribution is 0.0172. The van der Waals surface area contributed by atoms with Gasteiger partial charge in [-0.25, -0.2) is 22.9 Å². The standard InChI is InChI=1S/C29H29F3N6O4/c1-27(2,3)41-26(40)38-15-29(9-10-29)13-19(38)25-35-23(36-42-25)17-6-5-7-18(22(17)30)34-24(39)20-14-33-21-12-16(28(4,31)32)8-11-37(20)21/h5-8,11-12,14,19H,9-10,13,15H2,1-4H3,(H,34,39)/t19-/m0/s1. The molecule has 1 saturated heterocycles. The number of pyridine rings is 1. The summed E-state index contributed by atoms with van der Waals surface area (Å²) in [4.78, 5) is 36.1. The topological polar surface area (TPSA) is 115 Å². The summed E-state index contributed by atoms with van der Waals surface area (Å²) in [6, 6.07) is 6.22. The van der Waals surface area contributed by atoms with Crippen molar-refractivity contribution < 1.29 is 32.0 Å². The Labute approximate surface area is 238 Å². The number of anilines is 1. The molecule has 6 rings (SSSR count). The zero-order chi connectivity index (χ0) is 30.0. The third-order valence-corrected chi connectivity index (χ3v) is 7.56. The van der Waals surface area contributed by atoms with Crippen LogP contribution in [0, 0.1) is 11.2 Å². The van der Waals surface area contributed by atoms with Crippen LogP contribution in [0.3, 0.4) is 0 Å². The van der Waals surface area contributed by atoms with E-state index < -0.39 is 35.4 Å². The number of fused-ring (bicyclic) bond motifs is 1. The molecule has 1 saturated carbocycles. The van der Waals surface area contributed by atoms with Gasteiger partial charge in [0.25, 0.3) is 11.8 Å². The van der Waals surface area contributed by atoms with Crippen LogP contribution in [0.1, 0.15) is 74.9 Å². The average molecular weight is 583 g/mol. The zero-order valence-electron chi connectivity index (χ0n) is 23.5. The van der Waals surface area contributed by atoms with Crippen LogP contribution >= 0.6 is 0 Å². The number of carbonyl (C=O) groups is 2. The van der Waals surface area contributed by atoms with Crippen molar-refractivity contribution in [1.29, 1.82) is 0 Å². The fraction of sp³-hybridized carbons (Fsp3) is 0.414. The zero-order valence-corrected chi connectivity index (χ0v) is 23.5. The van der Waals surface area contributed by atoms with E-state index >= 15 is 4.39 Å². The number of halogens is 3. The van der Waals surface area contributed by atoms with Crippen LogP contribution in [0.15, 0.2) is 47.2 Å². The van der Waals surface area contributed by atoms with Crippen molar-refractivity contribution in [1.82, 2.24) is 24.4 Å². The number of nitrogens with one attached hydrogen (secondary N) is 1. The second-order valence-electron chi connectivity index (χ2n) is 12.1. The number of aromatic nitrogens is 4. The number of imidazole rings is 1. The first kappa shape index (κ1) is 27.7. The summed E-state index contributed by atoms with van der Waals surface area (Å²) in [5.74, 6) is -4.43. The van der Waals surface area contributed by atoms with Crippen molar-refractivity contribution in [2.24, 2.45) is 5.41 Å². The van der Waals surface area contributed by atoms with E-state index in [1.807, 2.05) is 0 Å². The van der Waals surface area contributed by atoms with Crippen molar-refractivity contribution in [2.45, 2.75) is 64.5 Å². The molecule has 1 aromatic carbocycles. The summed E-state index contributed by atoms with van der Waals surface area (Å²) < 4.78 is 55.5. The number of rotatable bonds is 5. The number of likely N-dealkylation sites (tertiary alicyclic amines) is 1. The third kappa shape index (κ3) is 5.19. The van der Waals surface area contributed by atoms with Gasteiger partial charge < -0.3 is 14.6 Å². The largest absolute Gasteiger partial charge is 0.444 e. The number of ether oxygens (including phenoxy) is 1. The number of amides is 2. The number of hydrogen-bond acceptors (Lipinski definition) is 7. The monoisotopic (exact) mass is 582 g/mol. The van der Waals surface area contributed by atoms with Crippen molar-refractivity contribution in [2.75, 3.05) is 11.9 Å². The molecular formula is C29H29F3N6O4. The molecule has 2 amide bonds. The van der Waals surface area contributed by atoms with E-state index in [1.165, 1.54) is 47.1 Å². The molecule has 1 aliphatic carbocycles. The average Bonchev–Trinajstić information content (AvgIpc) is 3.24. The van der Waals surface area contributed by atoms with Crippen molar-refractivity contribution in [3.63, 3.8) is 0 Å². The molecule has 4 aromatic rings. The van der Waals surface area contributed by atoms with Crippen LogP contribution in [0.2, 0.25) is 0 Å². The maximum absolute atomic E-state index is 15.6. The van der Waals surface area contributed by atoms with Gasteiger partial charge in [-0.15, -0.1) is 0 Å². The molecule has 1 spiro atoms. The van der Waals surface area contributed by atoms with Gasteiger partial charge in [-0.3, -0.25) is 14.1 Å². The van der Waals surface area contributed by atoms with E-state index in [9.17, 15) is 18.4 Å². The van der Waals surface area contributed by atoms with Crippen molar-refractivity contribution >= 4 is 23.3 Å². The van der Waals surface area contributed by atoms with Gasteiger partial charge >= 0.3 is 6.09 Å². The normalized spacial score (nSPS) is 18.1. The van der Waals surface area contributed by atoms with Gasteiger partial charge in [0, 0.05) is 25.2 Å². The number of carbonyl (C=O) groups excluding carboxylic acids is 2. The van der Waals surface area contributed by atoms with Gasteiger partial charge in [0.2, 0.25) is 11.7 Å². The second-order valence-corrected chi connectivity index (χ2v) is 12.1. The smallest absolute Gasteiger partial charge is 0.410 e. The maximum Gasteiger partial charge on any atom is 0.410 e. The highest BCUT2D eigenvalue weighted by molar-refractivity contribution is 6.03. The molecule has 0 radical (unpaired) electrons. The summed E-state index contributed by atoms with van der Waals surface area (Å²) in [5.41, 5.74) is -0.909. The molecule has 0 unspecified atom stereocenters. The lowest BCUT2D eigenvalue weighted by Gasteiger charge is -2.27. The van der Waals surface area contributed by atoms with Gasteiger partial charge in [0.1, 0.15) is 23.0 Å². The molecule has 4 heterocycles. The SMILES string of the molecule is CC(C)(C)OC(=O)N1CC2(CC2)C[C@H]1c1nc(-c2cccc(NC(=O)c3cnc4cc(C(C)(F)F)ccn34)c2F)no1. The van der Waals surface area contributed by atoms with Gasteiger partial charge in [-0.05, 0) is 69.7 Å². The molecule has 220 valence electrons. The molecule has 1 N–H and O–H groups in total. The van der Waals surface area contributed by atoms with E-state index in [-0.39, 0.29) is 45.3 Å². The summed E-state index contributed by atoms with van der Waals surface area (Å²) in [6.45, 7) is 6.67. The molecule has 13 heteroatoms. The van der Waals surface area contributed by atoms with Crippen LogP contribution in [0.4, 0.5) is 23.7 Å². The minimum Gasteiger partial charge on any atom is -0.444 e. The Hall–Kier alpha value is -4.42. The second kappa shape index (κ2) is 9.57. The van der Waals surface area contributed by atoms with Gasteiger partial charge in [0.15, 0.2) is 5.82 Å². The van der Waals surface area contributed by atoms with E-state index in [2.05, 4.69) is 20.4 Å². The minimum absolute atomic E-state index is 0.00245. The first-order chi connectivity index (χ1) is 19.7. The first-order valence-electron chi connectivity index (χ1n) is 13.5. The first-order valence-corrected chi connectivity index (χ1v) is 13.5. The van der Waals surface area contributed by atoms with Gasteiger partial charge in [-0.1, -0.05) is 11.2 Å². The highest BCUT2D eigenvalue weighted by Gasteiger charge is 2.56. The molecule has 2 fully saturated rings. The molecule has 10 nitrogen and oxygen atoms in total. The van der Waals surface area contributed by atoms with Crippen LogP contribution in [0.25, 0.3) is 17.0 Å². The molecular weight excluding hydrogens is 553 g/mol. The molecule has 0 bridgehead atoms. The third-order valence-electron chi connectivity index (χ3n) is 7.56. The molecule has 1 aliphatic heterocycles. The number of alkyl halides is 2. The quantitative estimate of drug-likeness (QED) is 0.292. The summed E-state index contributed by atoms with van der Waals surface area (Å²) in [6.07, 6.45) is 4.67. The molecule has 1 atom stereocenters. The molecule has 2 aliphatic rings. The summed E-state index contributed by atoms with van der Waals surface area (Å²) in [5, 5.41) is 6.48. The number of benzene rings is 1. The van der Waals surface area contributed by atoms with E-state index in [4.69, 9.17) is 9.26 Å². The van der Waals surface area contributed by atoms with Crippen LogP contribution in [-0.2, 0) is 10.7 Å². The Morgan fingerprint density at radius 3 is 2.62 bits per heavy atom. The Morgan fingerprint density at radius 1 is 1.17 bits per heavy atom. The van der Waals surface area contributed by atoms with Gasteiger partial charge in [-0.2, -0.15) is 4.98 Å². The highest BCUT2D eigenvalue weighted by atomic mass is 19.3. The Bertz CT molecular complexity index is 1700. The van der Waals surface area contributed by atoms with Gasteiger partial charge in [0.05, 0.1) is 17.4 Å². The van der Waals surface area contributed by atoms with Crippen LogP contribution in [-0.4, -0.2) is 48.6 Å². The fourth-order valence-corrected chi connectivity index (χ4v) is 5.22. The molecule has 3 aromatic heterocycles. The highest BCUT2D eigenvalue weighted by Crippen LogP contribution is 2.58. The van der Waals surface area contributed by atoms with Crippen LogP contribution < -0.4 is 5.32 Å². The molecule has 42 heavy (non-hydrogen) atoms. The lowest BCUT2D eigenvalue weighted by Crippen LogP contribution is -2.37. The Morgan fingerprint density at radius 2 is 1.93 bits per heavy atom. The Kier molecular flexibility index (Phi) is 6.32. The Balaban J connectivity index is 1.23. The summed E-state index contributed by atoms with van der Waals surface area (Å²) >= 11 is 0. The fourth-order valence-electron chi connectivity index (χ4n) is 5.22.